The average Bonchev–Trinajstić information content (AvgIpc) is 3.03. The molecule has 36 heavy (non-hydrogen) atoms. The number of hydrogen-bond donors (Lipinski definition) is 1. The molecule has 0 aromatic heterocycles. The van der Waals surface area contributed by atoms with Gasteiger partial charge in [-0.1, -0.05) is 26.7 Å². The maximum Gasteiger partial charge on any atom is 0.417 e. The molecule has 11 heteroatoms. The zero-order chi connectivity index (χ0) is 26.8. The summed E-state index contributed by atoms with van der Waals surface area (Å²) in [5.74, 6) is -2.00. The fourth-order valence-electron chi connectivity index (χ4n) is 4.61. The predicted molar refractivity (Wildman–Crippen MR) is 131 cm³/mol. The lowest BCUT2D eigenvalue weighted by atomic mass is 9.86. The number of nitrogens with one attached hydrogen (secondary N) is 1. The van der Waals surface area contributed by atoms with Crippen molar-refractivity contribution < 1.29 is 27.2 Å². The minimum Gasteiger partial charge on any atom is -0.355 e. The summed E-state index contributed by atoms with van der Waals surface area (Å²) in [5, 5.41) is 11.4. The van der Waals surface area contributed by atoms with Crippen LogP contribution in [0.3, 0.4) is 0 Å². The number of amides is 2. The van der Waals surface area contributed by atoms with Crippen LogP contribution in [-0.4, -0.2) is 29.5 Å². The monoisotopic (exact) mass is 520 g/mol. The van der Waals surface area contributed by atoms with Crippen molar-refractivity contribution in [3.63, 3.8) is 0 Å². The van der Waals surface area contributed by atoms with Crippen molar-refractivity contribution in [1.82, 2.24) is 5.32 Å². The standard InChI is InChI=1S/C25H24F4N4O2S/c1-4-10-24(11-5-2)22(35)32(16-7-6-15(14-30)19(12-16)25(27,28)29)23(36)33(24)17-8-9-18(20(26)13-17)21(34)31-3/h6-9,12-13H,4-5,10-11H2,1-3H3,(H,31,34). The van der Waals surface area contributed by atoms with Gasteiger partial charge in [0.15, 0.2) is 5.11 Å². The van der Waals surface area contributed by atoms with Gasteiger partial charge in [-0.05, 0) is 61.5 Å². The highest BCUT2D eigenvalue weighted by Gasteiger charge is 2.55. The Morgan fingerprint density at radius 3 is 2.22 bits per heavy atom. The molecule has 1 aliphatic heterocycles. The zero-order valence-electron chi connectivity index (χ0n) is 19.9. The van der Waals surface area contributed by atoms with Crippen molar-refractivity contribution >= 4 is 40.5 Å². The first-order chi connectivity index (χ1) is 17.0. The first-order valence-corrected chi connectivity index (χ1v) is 11.7. The molecule has 2 aromatic carbocycles. The summed E-state index contributed by atoms with van der Waals surface area (Å²) < 4.78 is 55.8. The van der Waals surface area contributed by atoms with E-state index in [-0.39, 0.29) is 22.1 Å². The van der Waals surface area contributed by atoms with Gasteiger partial charge in [0.2, 0.25) is 0 Å². The van der Waals surface area contributed by atoms with Crippen LogP contribution in [0.1, 0.15) is 61.0 Å². The number of carbonyl (C=O) groups is 2. The number of hydrogen-bond acceptors (Lipinski definition) is 4. The molecule has 2 aromatic rings. The van der Waals surface area contributed by atoms with Crippen LogP contribution in [0.25, 0.3) is 0 Å². The van der Waals surface area contributed by atoms with Gasteiger partial charge in [-0.3, -0.25) is 14.5 Å². The third kappa shape index (κ3) is 4.53. The van der Waals surface area contributed by atoms with Gasteiger partial charge in [-0.25, -0.2) is 4.39 Å². The van der Waals surface area contributed by atoms with Crippen molar-refractivity contribution in [1.29, 1.82) is 5.26 Å². The Morgan fingerprint density at radius 1 is 1.11 bits per heavy atom. The Kier molecular flexibility index (Phi) is 7.69. The van der Waals surface area contributed by atoms with Crippen molar-refractivity contribution in [3.8, 4) is 6.07 Å². The molecular weight excluding hydrogens is 496 g/mol. The van der Waals surface area contributed by atoms with E-state index in [1.165, 1.54) is 36.2 Å². The second kappa shape index (κ2) is 10.2. The van der Waals surface area contributed by atoms with E-state index in [1.54, 1.807) is 0 Å². The number of anilines is 2. The van der Waals surface area contributed by atoms with Crippen molar-refractivity contribution in [2.24, 2.45) is 0 Å². The Labute approximate surface area is 211 Å². The summed E-state index contributed by atoms with van der Waals surface area (Å²) >= 11 is 5.61. The summed E-state index contributed by atoms with van der Waals surface area (Å²) in [6.07, 6.45) is -3.14. The van der Waals surface area contributed by atoms with Crippen LogP contribution in [0.2, 0.25) is 0 Å². The molecule has 0 radical (unpaired) electrons. The third-order valence-electron chi connectivity index (χ3n) is 6.11. The second-order valence-corrected chi connectivity index (χ2v) is 8.74. The largest absolute Gasteiger partial charge is 0.417 e. The van der Waals surface area contributed by atoms with E-state index in [0.717, 1.165) is 23.1 Å². The van der Waals surface area contributed by atoms with Gasteiger partial charge >= 0.3 is 6.18 Å². The normalized spacial score (nSPS) is 15.3. The molecular formula is C25H24F4N4O2S. The topological polar surface area (TPSA) is 76.4 Å². The number of benzene rings is 2. The number of halogens is 4. The van der Waals surface area contributed by atoms with Crippen molar-refractivity contribution in [2.45, 2.75) is 51.2 Å². The summed E-state index contributed by atoms with van der Waals surface area (Å²) in [6, 6.07) is 8.29. The minimum absolute atomic E-state index is 0.119. The molecule has 1 fully saturated rings. The van der Waals surface area contributed by atoms with Crippen LogP contribution >= 0.6 is 12.2 Å². The number of nitrogens with zero attached hydrogens (tertiary/aromatic N) is 3. The predicted octanol–water partition coefficient (Wildman–Crippen LogP) is 5.55. The molecule has 0 atom stereocenters. The lowest BCUT2D eigenvalue weighted by molar-refractivity contribution is -0.137. The van der Waals surface area contributed by atoms with Crippen LogP contribution < -0.4 is 15.1 Å². The molecule has 1 aliphatic rings. The fraction of sp³-hybridized carbons (Fsp3) is 0.360. The Balaban J connectivity index is 2.22. The summed E-state index contributed by atoms with van der Waals surface area (Å²) in [7, 11) is 1.36. The van der Waals surface area contributed by atoms with E-state index >= 15 is 0 Å². The van der Waals surface area contributed by atoms with Crippen LogP contribution in [0.15, 0.2) is 36.4 Å². The zero-order valence-corrected chi connectivity index (χ0v) is 20.7. The van der Waals surface area contributed by atoms with Crippen LogP contribution in [0, 0.1) is 17.1 Å². The first-order valence-electron chi connectivity index (χ1n) is 11.3. The maximum absolute atomic E-state index is 14.9. The van der Waals surface area contributed by atoms with E-state index in [2.05, 4.69) is 5.32 Å². The van der Waals surface area contributed by atoms with Crippen LogP contribution in [-0.2, 0) is 11.0 Å². The molecule has 0 unspecified atom stereocenters. The molecule has 1 N–H and O–H groups in total. The fourth-order valence-corrected chi connectivity index (χ4v) is 5.08. The van der Waals surface area contributed by atoms with Crippen molar-refractivity contribution in [2.75, 3.05) is 16.8 Å². The number of carbonyl (C=O) groups excluding carboxylic acids is 2. The van der Waals surface area contributed by atoms with Gasteiger partial charge < -0.3 is 10.2 Å². The molecule has 1 saturated heterocycles. The molecule has 0 saturated carbocycles. The van der Waals surface area contributed by atoms with E-state index in [0.29, 0.717) is 25.7 Å². The Hall–Kier alpha value is -3.52. The van der Waals surface area contributed by atoms with Gasteiger partial charge in [-0.15, -0.1) is 0 Å². The van der Waals surface area contributed by atoms with Gasteiger partial charge in [0, 0.05) is 12.7 Å². The molecule has 1 heterocycles. The van der Waals surface area contributed by atoms with Gasteiger partial charge in [0.1, 0.15) is 11.4 Å². The van der Waals surface area contributed by atoms with E-state index in [1.807, 2.05) is 13.8 Å². The first kappa shape index (κ1) is 27.1. The Bertz CT molecular complexity index is 1250. The highest BCUT2D eigenvalue weighted by atomic mass is 32.1. The second-order valence-electron chi connectivity index (χ2n) is 8.37. The SMILES string of the molecule is CCCC1(CCC)C(=O)N(c2ccc(C#N)c(C(F)(F)F)c2)C(=S)N1c1ccc(C(=O)NC)c(F)c1. The molecule has 2 amide bonds. The average molecular weight is 521 g/mol. The summed E-state index contributed by atoms with van der Waals surface area (Å²) in [6.45, 7) is 3.71. The number of alkyl halides is 3. The molecule has 190 valence electrons. The van der Waals surface area contributed by atoms with Gasteiger partial charge in [0.05, 0.1) is 28.4 Å². The number of rotatable bonds is 7. The molecule has 0 bridgehead atoms. The van der Waals surface area contributed by atoms with E-state index < -0.39 is 40.5 Å². The molecule has 3 rings (SSSR count). The smallest absolute Gasteiger partial charge is 0.355 e. The lowest BCUT2D eigenvalue weighted by Crippen LogP contribution is -2.50. The highest BCUT2D eigenvalue weighted by molar-refractivity contribution is 7.81. The molecule has 6 nitrogen and oxygen atoms in total. The summed E-state index contributed by atoms with van der Waals surface area (Å²) in [4.78, 5) is 28.4. The molecule has 0 aliphatic carbocycles. The third-order valence-corrected chi connectivity index (χ3v) is 6.47. The summed E-state index contributed by atoms with van der Waals surface area (Å²) in [5.41, 5.74) is -3.18. The number of thiocarbonyl (C=S) groups is 1. The van der Waals surface area contributed by atoms with Crippen molar-refractivity contribution in [3.05, 3.63) is 58.9 Å². The molecule has 0 spiro atoms. The van der Waals surface area contributed by atoms with E-state index in [9.17, 15) is 27.2 Å². The lowest BCUT2D eigenvalue weighted by Gasteiger charge is -2.36. The van der Waals surface area contributed by atoms with E-state index in [4.69, 9.17) is 17.5 Å². The Morgan fingerprint density at radius 2 is 1.72 bits per heavy atom. The van der Waals surface area contributed by atoms with Gasteiger partial charge in [-0.2, -0.15) is 18.4 Å². The highest BCUT2D eigenvalue weighted by Crippen LogP contribution is 2.43. The van der Waals surface area contributed by atoms with Gasteiger partial charge in [0.25, 0.3) is 11.8 Å². The number of nitriles is 1. The minimum atomic E-state index is -4.83. The van der Waals surface area contributed by atoms with Crippen LogP contribution in [0.5, 0.6) is 0 Å². The maximum atomic E-state index is 14.9. The quantitative estimate of drug-likeness (QED) is 0.383. The van der Waals surface area contributed by atoms with Crippen LogP contribution in [0.4, 0.5) is 28.9 Å².